The Morgan fingerprint density at radius 3 is 2.32 bits per heavy atom. The van der Waals surface area contributed by atoms with Crippen LogP contribution in [0.2, 0.25) is 0 Å². The van der Waals surface area contributed by atoms with Crippen molar-refractivity contribution in [2.75, 3.05) is 36.9 Å². The first kappa shape index (κ1) is 15.4. The van der Waals surface area contributed by atoms with Crippen LogP contribution < -0.4 is 15.4 Å². The van der Waals surface area contributed by atoms with Gasteiger partial charge in [0.05, 0.1) is 12.7 Å². The van der Waals surface area contributed by atoms with Gasteiger partial charge in [0.2, 0.25) is 11.9 Å². The number of hydrogen-bond donors (Lipinski definition) is 2. The van der Waals surface area contributed by atoms with Crippen molar-refractivity contribution in [3.05, 3.63) is 0 Å². The zero-order chi connectivity index (χ0) is 14.1. The fraction of sp³-hybridized carbons (Fsp3) is 0.750. The topological polar surface area (TPSA) is 81.2 Å². The Hall–Kier alpha value is -1.63. The van der Waals surface area contributed by atoms with Gasteiger partial charge >= 0.3 is 6.01 Å². The van der Waals surface area contributed by atoms with Gasteiger partial charge in [-0.2, -0.15) is 15.0 Å². The predicted molar refractivity (Wildman–Crippen MR) is 74.7 cm³/mol. The van der Waals surface area contributed by atoms with E-state index >= 15 is 0 Å². The van der Waals surface area contributed by atoms with Crippen LogP contribution in [-0.4, -0.2) is 47.4 Å². The summed E-state index contributed by atoms with van der Waals surface area (Å²) in [7, 11) is 0. The lowest BCUT2D eigenvalue weighted by molar-refractivity contribution is 0.158. The molecule has 0 fully saturated rings. The van der Waals surface area contributed by atoms with Gasteiger partial charge in [0.1, 0.15) is 0 Å². The van der Waals surface area contributed by atoms with E-state index in [1.807, 2.05) is 27.7 Å². The number of hydrogen-bond acceptors (Lipinski definition) is 7. The molecule has 0 aliphatic rings. The van der Waals surface area contributed by atoms with Crippen molar-refractivity contribution < 1.29 is 9.47 Å². The Labute approximate surface area is 114 Å². The van der Waals surface area contributed by atoms with Crippen LogP contribution in [0.15, 0.2) is 0 Å². The van der Waals surface area contributed by atoms with E-state index in [1.165, 1.54) is 0 Å². The van der Waals surface area contributed by atoms with Crippen molar-refractivity contribution in [3.63, 3.8) is 0 Å². The van der Waals surface area contributed by atoms with Crippen LogP contribution in [0.5, 0.6) is 6.01 Å². The van der Waals surface area contributed by atoms with Crippen LogP contribution in [0.25, 0.3) is 0 Å². The summed E-state index contributed by atoms with van der Waals surface area (Å²) >= 11 is 0. The third-order valence-electron chi connectivity index (χ3n) is 2.02. The lowest BCUT2D eigenvalue weighted by atomic mass is 10.5. The third kappa shape index (κ3) is 6.19. The normalized spacial score (nSPS) is 10.6. The molecule has 0 saturated heterocycles. The minimum absolute atomic E-state index is 0.0214. The minimum Gasteiger partial charge on any atom is -0.461 e. The molecular weight excluding hydrogens is 246 g/mol. The van der Waals surface area contributed by atoms with Gasteiger partial charge in [-0.05, 0) is 27.7 Å². The van der Waals surface area contributed by atoms with Gasteiger partial charge < -0.3 is 20.1 Å². The van der Waals surface area contributed by atoms with Crippen LogP contribution in [0.4, 0.5) is 11.9 Å². The lowest BCUT2D eigenvalue weighted by Gasteiger charge is -2.11. The van der Waals surface area contributed by atoms with Gasteiger partial charge in [0, 0.05) is 19.7 Å². The SMILES string of the molecule is CCNc1nc(NCCOCC)nc(OC(C)C)n1. The molecule has 2 N–H and O–H groups in total. The molecule has 0 bridgehead atoms. The molecule has 1 aromatic heterocycles. The molecule has 0 amide bonds. The first-order valence-electron chi connectivity index (χ1n) is 6.63. The van der Waals surface area contributed by atoms with E-state index in [2.05, 4.69) is 25.6 Å². The molecule has 0 saturated carbocycles. The van der Waals surface area contributed by atoms with Gasteiger partial charge in [0.15, 0.2) is 0 Å². The van der Waals surface area contributed by atoms with Gasteiger partial charge in [-0.15, -0.1) is 0 Å². The van der Waals surface area contributed by atoms with Gasteiger partial charge in [0.25, 0.3) is 0 Å². The Morgan fingerprint density at radius 2 is 1.74 bits per heavy atom. The smallest absolute Gasteiger partial charge is 0.323 e. The number of aromatic nitrogens is 3. The van der Waals surface area contributed by atoms with Crippen molar-refractivity contribution in [2.45, 2.75) is 33.8 Å². The Bertz CT molecular complexity index is 373. The number of nitrogens with zero attached hydrogens (tertiary/aromatic N) is 3. The highest BCUT2D eigenvalue weighted by Crippen LogP contribution is 2.12. The molecule has 7 nitrogen and oxygen atoms in total. The van der Waals surface area contributed by atoms with E-state index in [1.54, 1.807) is 0 Å². The molecule has 7 heteroatoms. The molecule has 1 rings (SSSR count). The zero-order valence-corrected chi connectivity index (χ0v) is 12.1. The van der Waals surface area contributed by atoms with E-state index in [4.69, 9.17) is 9.47 Å². The maximum Gasteiger partial charge on any atom is 0.323 e. The Balaban J connectivity index is 2.68. The molecule has 0 aliphatic carbocycles. The number of ether oxygens (including phenoxy) is 2. The Morgan fingerprint density at radius 1 is 1.05 bits per heavy atom. The molecule has 0 radical (unpaired) electrons. The minimum atomic E-state index is 0.0214. The number of rotatable bonds is 9. The second-order valence-corrected chi connectivity index (χ2v) is 4.09. The van der Waals surface area contributed by atoms with E-state index in [0.717, 1.165) is 6.54 Å². The van der Waals surface area contributed by atoms with E-state index in [9.17, 15) is 0 Å². The van der Waals surface area contributed by atoms with Gasteiger partial charge in [-0.1, -0.05) is 0 Å². The van der Waals surface area contributed by atoms with Crippen molar-refractivity contribution in [2.24, 2.45) is 0 Å². The summed E-state index contributed by atoms with van der Waals surface area (Å²) in [6.45, 7) is 10.5. The maximum absolute atomic E-state index is 5.50. The molecule has 0 aliphatic heterocycles. The van der Waals surface area contributed by atoms with Gasteiger partial charge in [-0.25, -0.2) is 0 Å². The third-order valence-corrected chi connectivity index (χ3v) is 2.02. The average Bonchev–Trinajstić information content (AvgIpc) is 2.34. The summed E-state index contributed by atoms with van der Waals surface area (Å²) in [6, 6.07) is 0.319. The number of anilines is 2. The quantitative estimate of drug-likeness (QED) is 0.658. The summed E-state index contributed by atoms with van der Waals surface area (Å²) in [5.74, 6) is 0.994. The molecule has 19 heavy (non-hydrogen) atoms. The highest BCUT2D eigenvalue weighted by Gasteiger charge is 2.08. The molecule has 0 spiro atoms. The summed E-state index contributed by atoms with van der Waals surface area (Å²) in [5, 5.41) is 6.13. The van der Waals surface area contributed by atoms with Gasteiger partial charge in [-0.3, -0.25) is 0 Å². The summed E-state index contributed by atoms with van der Waals surface area (Å²) in [6.07, 6.45) is 0.0214. The fourth-order valence-electron chi connectivity index (χ4n) is 1.32. The largest absolute Gasteiger partial charge is 0.461 e. The van der Waals surface area contributed by atoms with Crippen molar-refractivity contribution in [1.29, 1.82) is 0 Å². The van der Waals surface area contributed by atoms with Crippen molar-refractivity contribution >= 4 is 11.9 Å². The molecule has 0 unspecified atom stereocenters. The monoisotopic (exact) mass is 269 g/mol. The van der Waals surface area contributed by atoms with Crippen LogP contribution in [-0.2, 0) is 4.74 Å². The predicted octanol–water partition coefficient (Wildman–Crippen LogP) is 1.54. The molecule has 0 aromatic carbocycles. The molecule has 1 aromatic rings. The van der Waals surface area contributed by atoms with Crippen LogP contribution in [0, 0.1) is 0 Å². The maximum atomic E-state index is 5.50. The zero-order valence-electron chi connectivity index (χ0n) is 12.1. The lowest BCUT2D eigenvalue weighted by Crippen LogP contribution is -2.16. The highest BCUT2D eigenvalue weighted by molar-refractivity contribution is 5.35. The van der Waals surface area contributed by atoms with Crippen LogP contribution in [0.3, 0.4) is 0 Å². The van der Waals surface area contributed by atoms with Crippen molar-refractivity contribution in [1.82, 2.24) is 15.0 Å². The summed E-state index contributed by atoms with van der Waals surface area (Å²) in [4.78, 5) is 12.6. The van der Waals surface area contributed by atoms with Crippen LogP contribution >= 0.6 is 0 Å². The number of nitrogens with one attached hydrogen (secondary N) is 2. The average molecular weight is 269 g/mol. The first-order chi connectivity index (χ1) is 9.15. The van der Waals surface area contributed by atoms with E-state index in [-0.39, 0.29) is 6.10 Å². The second-order valence-electron chi connectivity index (χ2n) is 4.09. The molecule has 0 atom stereocenters. The molecular formula is C12H23N5O2. The van der Waals surface area contributed by atoms with E-state index in [0.29, 0.717) is 37.7 Å². The highest BCUT2D eigenvalue weighted by atomic mass is 16.5. The Kier molecular flexibility index (Phi) is 6.88. The fourth-order valence-corrected chi connectivity index (χ4v) is 1.32. The van der Waals surface area contributed by atoms with Crippen LogP contribution in [0.1, 0.15) is 27.7 Å². The summed E-state index contributed by atoms with van der Waals surface area (Å²) < 4.78 is 10.7. The van der Waals surface area contributed by atoms with Crippen molar-refractivity contribution in [3.8, 4) is 6.01 Å². The summed E-state index contributed by atoms with van der Waals surface area (Å²) in [5.41, 5.74) is 0. The standard InChI is InChI=1S/C12H23N5O2/c1-5-13-10-15-11(14-7-8-18-6-2)17-12(16-10)19-9(3)4/h9H,5-8H2,1-4H3,(H2,13,14,15,16,17). The molecule has 1 heterocycles. The second kappa shape index (κ2) is 8.47. The van der Waals surface area contributed by atoms with E-state index < -0.39 is 0 Å². The first-order valence-corrected chi connectivity index (χ1v) is 6.63. The molecule has 108 valence electrons.